The predicted octanol–water partition coefficient (Wildman–Crippen LogP) is 3.35. The summed E-state index contributed by atoms with van der Waals surface area (Å²) < 4.78 is 0. The second-order valence-corrected chi connectivity index (χ2v) is 8.62. The molecule has 1 aromatic carbocycles. The Bertz CT molecular complexity index is 660. The normalized spacial score (nSPS) is 29.6. The minimum absolute atomic E-state index is 0.214. The quantitative estimate of drug-likeness (QED) is 0.851. The molecule has 1 N–H and O–H groups in total. The Morgan fingerprint density at radius 1 is 1.08 bits per heavy atom. The van der Waals surface area contributed by atoms with Gasteiger partial charge in [-0.15, -0.1) is 0 Å². The van der Waals surface area contributed by atoms with Gasteiger partial charge in [-0.05, 0) is 56.5 Å². The molecule has 2 aliphatic heterocycles. The molecule has 0 aromatic heterocycles. The molecule has 2 heterocycles. The highest BCUT2D eigenvalue weighted by Gasteiger charge is 2.44. The number of nitrogens with one attached hydrogen (secondary N) is 1. The molecule has 2 saturated heterocycles. The summed E-state index contributed by atoms with van der Waals surface area (Å²) in [7, 11) is 0. The molecule has 1 amide bonds. The number of carbonyl (C=O) groups is 1. The summed E-state index contributed by atoms with van der Waals surface area (Å²) in [6.45, 7) is 4.05. The van der Waals surface area contributed by atoms with Crippen molar-refractivity contribution in [2.24, 2.45) is 0 Å². The van der Waals surface area contributed by atoms with Gasteiger partial charge in [0.1, 0.15) is 0 Å². The number of likely N-dealkylation sites (tertiary alicyclic amines) is 1. The van der Waals surface area contributed by atoms with Gasteiger partial charge in [-0.3, -0.25) is 9.69 Å². The first kappa shape index (κ1) is 18.5. The molecule has 1 aliphatic carbocycles. The second kappa shape index (κ2) is 8.05. The van der Waals surface area contributed by atoms with Gasteiger partial charge < -0.3 is 10.2 Å². The van der Waals surface area contributed by atoms with Crippen LogP contribution in [0.15, 0.2) is 18.2 Å². The minimum Gasteiger partial charge on any atom is -0.335 e. The maximum atomic E-state index is 13.2. The van der Waals surface area contributed by atoms with E-state index in [1.165, 1.54) is 45.2 Å². The molecular weight excluding hydrogens is 369 g/mol. The molecule has 6 heteroatoms. The van der Waals surface area contributed by atoms with E-state index in [-0.39, 0.29) is 5.91 Å². The van der Waals surface area contributed by atoms with Gasteiger partial charge in [0, 0.05) is 25.2 Å². The summed E-state index contributed by atoms with van der Waals surface area (Å²) in [6, 6.07) is 6.74. The molecule has 4 rings (SSSR count). The lowest BCUT2D eigenvalue weighted by Crippen LogP contribution is -2.68. The van der Waals surface area contributed by atoms with E-state index in [4.69, 9.17) is 23.2 Å². The number of piperazine rings is 1. The van der Waals surface area contributed by atoms with Gasteiger partial charge in [0.25, 0.3) is 0 Å². The van der Waals surface area contributed by atoms with Gasteiger partial charge in [-0.2, -0.15) is 0 Å². The Morgan fingerprint density at radius 2 is 1.88 bits per heavy atom. The molecule has 3 atom stereocenters. The number of fused-ring (bicyclic) bond motifs is 1. The largest absolute Gasteiger partial charge is 0.335 e. The number of rotatable bonds is 3. The highest BCUT2D eigenvalue weighted by atomic mass is 35.5. The van der Waals surface area contributed by atoms with Gasteiger partial charge in [0.2, 0.25) is 5.91 Å². The van der Waals surface area contributed by atoms with Crippen molar-refractivity contribution in [1.29, 1.82) is 0 Å². The van der Waals surface area contributed by atoms with Crippen molar-refractivity contribution in [3.63, 3.8) is 0 Å². The van der Waals surface area contributed by atoms with E-state index < -0.39 is 0 Å². The van der Waals surface area contributed by atoms with Crippen molar-refractivity contribution in [3.05, 3.63) is 33.8 Å². The fraction of sp³-hybridized carbons (Fsp3) is 0.650. The Hall–Kier alpha value is -0.810. The van der Waals surface area contributed by atoms with E-state index in [0.29, 0.717) is 34.6 Å². The molecule has 3 aliphatic rings. The minimum atomic E-state index is 0.214. The summed E-state index contributed by atoms with van der Waals surface area (Å²) in [5, 5.41) is 4.73. The lowest BCUT2D eigenvalue weighted by atomic mass is 9.82. The van der Waals surface area contributed by atoms with E-state index in [2.05, 4.69) is 15.1 Å². The molecule has 1 aromatic rings. The summed E-state index contributed by atoms with van der Waals surface area (Å²) in [6.07, 6.45) is 6.61. The smallest absolute Gasteiger partial charge is 0.227 e. The van der Waals surface area contributed by atoms with Crippen molar-refractivity contribution in [1.82, 2.24) is 15.1 Å². The van der Waals surface area contributed by atoms with E-state index in [1.54, 1.807) is 6.07 Å². The van der Waals surface area contributed by atoms with Crippen molar-refractivity contribution < 1.29 is 4.79 Å². The van der Waals surface area contributed by atoms with Gasteiger partial charge in [-0.1, -0.05) is 35.7 Å². The molecule has 142 valence electrons. The number of hydrogen-bond acceptors (Lipinski definition) is 3. The molecule has 1 saturated carbocycles. The van der Waals surface area contributed by atoms with E-state index in [1.807, 2.05) is 12.1 Å². The van der Waals surface area contributed by atoms with Crippen LogP contribution in [0.1, 0.15) is 37.7 Å². The number of halogens is 2. The van der Waals surface area contributed by atoms with E-state index >= 15 is 0 Å². The third kappa shape index (κ3) is 3.75. The topological polar surface area (TPSA) is 35.6 Å². The SMILES string of the molecule is O=C(Cc1ccc(Cl)c(Cl)c1)N1CCN[C@@H]2CCC[C@H](N3CCCC3)[C@@H]21. The van der Waals surface area contributed by atoms with Crippen LogP contribution in [-0.4, -0.2) is 60.0 Å². The highest BCUT2D eigenvalue weighted by molar-refractivity contribution is 6.42. The van der Waals surface area contributed by atoms with Crippen LogP contribution in [-0.2, 0) is 11.2 Å². The van der Waals surface area contributed by atoms with Crippen LogP contribution < -0.4 is 5.32 Å². The second-order valence-electron chi connectivity index (χ2n) is 7.80. The first-order valence-corrected chi connectivity index (χ1v) is 10.6. The van der Waals surface area contributed by atoms with Crippen LogP contribution in [0, 0.1) is 0 Å². The van der Waals surface area contributed by atoms with Gasteiger partial charge in [0.05, 0.1) is 22.5 Å². The van der Waals surface area contributed by atoms with Crippen molar-refractivity contribution in [2.45, 2.75) is 56.7 Å². The monoisotopic (exact) mass is 395 g/mol. The van der Waals surface area contributed by atoms with E-state index in [9.17, 15) is 4.79 Å². The van der Waals surface area contributed by atoms with Gasteiger partial charge >= 0.3 is 0 Å². The summed E-state index contributed by atoms with van der Waals surface area (Å²) >= 11 is 12.1. The molecular formula is C20H27Cl2N3O. The summed E-state index contributed by atoms with van der Waals surface area (Å²) in [4.78, 5) is 18.0. The predicted molar refractivity (Wildman–Crippen MR) is 106 cm³/mol. The summed E-state index contributed by atoms with van der Waals surface area (Å²) in [5.41, 5.74) is 0.938. The number of nitrogens with zero attached hydrogens (tertiary/aromatic N) is 2. The fourth-order valence-electron chi connectivity index (χ4n) is 5.01. The lowest BCUT2D eigenvalue weighted by molar-refractivity contribution is -0.137. The van der Waals surface area contributed by atoms with Crippen LogP contribution in [0.4, 0.5) is 0 Å². The number of hydrogen-bond donors (Lipinski definition) is 1. The highest BCUT2D eigenvalue weighted by Crippen LogP contribution is 2.32. The fourth-order valence-corrected chi connectivity index (χ4v) is 5.33. The van der Waals surface area contributed by atoms with Crippen molar-refractivity contribution in [2.75, 3.05) is 26.2 Å². The van der Waals surface area contributed by atoms with Gasteiger partial charge in [-0.25, -0.2) is 0 Å². The van der Waals surface area contributed by atoms with Crippen LogP contribution in [0.5, 0.6) is 0 Å². The Morgan fingerprint density at radius 3 is 2.65 bits per heavy atom. The lowest BCUT2D eigenvalue weighted by Gasteiger charge is -2.51. The zero-order chi connectivity index (χ0) is 18.1. The molecule has 0 radical (unpaired) electrons. The zero-order valence-corrected chi connectivity index (χ0v) is 16.6. The van der Waals surface area contributed by atoms with Crippen LogP contribution in [0.25, 0.3) is 0 Å². The summed E-state index contributed by atoms with van der Waals surface area (Å²) in [5.74, 6) is 0.214. The molecule has 0 bridgehead atoms. The average Bonchev–Trinajstić information content (AvgIpc) is 3.18. The number of amides is 1. The van der Waals surface area contributed by atoms with Crippen molar-refractivity contribution in [3.8, 4) is 0 Å². The molecule has 0 unspecified atom stereocenters. The van der Waals surface area contributed by atoms with E-state index in [0.717, 1.165) is 18.7 Å². The maximum absolute atomic E-state index is 13.2. The number of benzene rings is 1. The molecule has 0 spiro atoms. The molecule has 4 nitrogen and oxygen atoms in total. The zero-order valence-electron chi connectivity index (χ0n) is 15.1. The first-order chi connectivity index (χ1) is 12.6. The number of carbonyl (C=O) groups excluding carboxylic acids is 1. The van der Waals surface area contributed by atoms with Gasteiger partial charge in [0.15, 0.2) is 0 Å². The Balaban J connectivity index is 1.52. The van der Waals surface area contributed by atoms with Crippen LogP contribution in [0.3, 0.4) is 0 Å². The Labute approximate surface area is 165 Å². The third-order valence-electron chi connectivity index (χ3n) is 6.21. The maximum Gasteiger partial charge on any atom is 0.227 e. The Kier molecular flexibility index (Phi) is 5.75. The van der Waals surface area contributed by atoms with Crippen LogP contribution >= 0.6 is 23.2 Å². The molecule has 3 fully saturated rings. The standard InChI is InChI=1S/C20H27Cl2N3O/c21-15-7-6-14(12-16(15)22)13-19(26)25-11-8-23-17-4-3-5-18(20(17)25)24-9-1-2-10-24/h6-7,12,17-18,20,23H,1-5,8-11,13H2/t17-,18+,20-/m1/s1. The third-order valence-corrected chi connectivity index (χ3v) is 6.95. The molecule has 26 heavy (non-hydrogen) atoms. The average molecular weight is 396 g/mol. The van der Waals surface area contributed by atoms with Crippen molar-refractivity contribution >= 4 is 29.1 Å². The van der Waals surface area contributed by atoms with Crippen LogP contribution in [0.2, 0.25) is 10.0 Å². The first-order valence-electron chi connectivity index (χ1n) is 9.84.